The van der Waals surface area contributed by atoms with E-state index in [4.69, 9.17) is 9.47 Å². The van der Waals surface area contributed by atoms with Crippen molar-refractivity contribution in [3.63, 3.8) is 0 Å². The summed E-state index contributed by atoms with van der Waals surface area (Å²) in [5.41, 5.74) is 3.43. The van der Waals surface area contributed by atoms with Gasteiger partial charge in [-0.25, -0.2) is 0 Å². The lowest BCUT2D eigenvalue weighted by molar-refractivity contribution is -0.117. The SMILES string of the molecule is COc1ccc(CC(=O)C/C=C(\C)Cc2cccc3ccccc23)cc1OC. The van der Waals surface area contributed by atoms with Crippen molar-refractivity contribution in [2.24, 2.45) is 0 Å². The topological polar surface area (TPSA) is 35.5 Å². The van der Waals surface area contributed by atoms with Crippen LogP contribution in [0.5, 0.6) is 11.5 Å². The summed E-state index contributed by atoms with van der Waals surface area (Å²) >= 11 is 0. The van der Waals surface area contributed by atoms with Crippen molar-refractivity contribution in [2.45, 2.75) is 26.2 Å². The summed E-state index contributed by atoms with van der Waals surface area (Å²) in [5.74, 6) is 1.50. The fraction of sp³-hybridized carbons (Fsp3) is 0.240. The first-order chi connectivity index (χ1) is 13.6. The van der Waals surface area contributed by atoms with Crippen LogP contribution in [-0.2, 0) is 17.6 Å². The fourth-order valence-corrected chi connectivity index (χ4v) is 3.40. The second kappa shape index (κ2) is 9.23. The fourth-order valence-electron chi connectivity index (χ4n) is 3.40. The molecule has 0 amide bonds. The lowest BCUT2D eigenvalue weighted by atomic mass is 9.98. The van der Waals surface area contributed by atoms with Gasteiger partial charge in [-0.1, -0.05) is 60.2 Å². The number of ketones is 1. The number of benzene rings is 3. The second-order valence-electron chi connectivity index (χ2n) is 6.97. The number of ether oxygens (including phenoxy) is 2. The molecular weight excluding hydrogens is 348 g/mol. The number of carbonyl (C=O) groups excluding carboxylic acids is 1. The number of carbonyl (C=O) groups is 1. The minimum absolute atomic E-state index is 0.185. The van der Waals surface area contributed by atoms with Crippen LogP contribution in [0.4, 0.5) is 0 Å². The Balaban J connectivity index is 1.63. The molecule has 0 heterocycles. The molecular formula is C25H26O3. The maximum atomic E-state index is 12.4. The monoisotopic (exact) mass is 374 g/mol. The molecule has 0 saturated heterocycles. The second-order valence-corrected chi connectivity index (χ2v) is 6.97. The lowest BCUT2D eigenvalue weighted by Crippen LogP contribution is -2.02. The van der Waals surface area contributed by atoms with E-state index in [9.17, 15) is 4.79 Å². The Morgan fingerprint density at radius 1 is 0.893 bits per heavy atom. The predicted octanol–water partition coefficient (Wildman–Crippen LogP) is 5.55. The van der Waals surface area contributed by atoms with Gasteiger partial charge in [0.2, 0.25) is 0 Å². The van der Waals surface area contributed by atoms with E-state index in [-0.39, 0.29) is 5.78 Å². The molecule has 0 radical (unpaired) electrons. The Kier molecular flexibility index (Phi) is 6.49. The number of methoxy groups -OCH3 is 2. The van der Waals surface area contributed by atoms with Crippen LogP contribution < -0.4 is 9.47 Å². The Hall–Kier alpha value is -3.07. The van der Waals surface area contributed by atoms with Crippen LogP contribution in [-0.4, -0.2) is 20.0 Å². The minimum Gasteiger partial charge on any atom is -0.493 e. The summed E-state index contributed by atoms with van der Waals surface area (Å²) in [7, 11) is 3.20. The van der Waals surface area contributed by atoms with Crippen molar-refractivity contribution in [3.05, 3.63) is 83.4 Å². The molecule has 0 spiro atoms. The number of fused-ring (bicyclic) bond motifs is 1. The highest BCUT2D eigenvalue weighted by Crippen LogP contribution is 2.28. The number of Topliss-reactive ketones (excluding diaryl/α,β-unsaturated/α-hetero) is 1. The van der Waals surface area contributed by atoms with Crippen LogP contribution in [0, 0.1) is 0 Å². The van der Waals surface area contributed by atoms with Crippen molar-refractivity contribution in [2.75, 3.05) is 14.2 Å². The zero-order valence-electron chi connectivity index (χ0n) is 16.7. The van der Waals surface area contributed by atoms with Gasteiger partial charge < -0.3 is 9.47 Å². The highest BCUT2D eigenvalue weighted by molar-refractivity contribution is 5.86. The van der Waals surface area contributed by atoms with Gasteiger partial charge >= 0.3 is 0 Å². The average molecular weight is 374 g/mol. The molecule has 3 aromatic rings. The van der Waals surface area contributed by atoms with Crippen LogP contribution in [0.15, 0.2) is 72.3 Å². The highest BCUT2D eigenvalue weighted by Gasteiger charge is 2.08. The molecule has 0 saturated carbocycles. The van der Waals surface area contributed by atoms with E-state index >= 15 is 0 Å². The number of hydrogen-bond acceptors (Lipinski definition) is 3. The Morgan fingerprint density at radius 2 is 1.64 bits per heavy atom. The summed E-state index contributed by atoms with van der Waals surface area (Å²) in [4.78, 5) is 12.4. The van der Waals surface area contributed by atoms with E-state index in [1.807, 2.05) is 24.3 Å². The predicted molar refractivity (Wildman–Crippen MR) is 114 cm³/mol. The largest absolute Gasteiger partial charge is 0.493 e. The van der Waals surface area contributed by atoms with Crippen LogP contribution in [0.1, 0.15) is 24.5 Å². The molecule has 0 aliphatic rings. The van der Waals surface area contributed by atoms with E-state index < -0.39 is 0 Å². The summed E-state index contributed by atoms with van der Waals surface area (Å²) in [6.45, 7) is 2.09. The molecule has 0 unspecified atom stereocenters. The third-order valence-corrected chi connectivity index (χ3v) is 4.88. The molecule has 3 nitrogen and oxygen atoms in total. The molecule has 3 heteroatoms. The molecule has 0 aliphatic heterocycles. The van der Waals surface area contributed by atoms with Gasteiger partial charge in [0.15, 0.2) is 11.5 Å². The summed E-state index contributed by atoms with van der Waals surface area (Å²) in [6.07, 6.45) is 3.72. The average Bonchev–Trinajstić information content (AvgIpc) is 2.72. The molecule has 0 atom stereocenters. The standard InChI is InChI=1S/C25H26O3/c1-18(15-21-9-6-8-20-7-4-5-10-23(20)21)11-13-22(26)16-19-12-14-24(27-2)25(17-19)28-3/h4-12,14,17H,13,15-16H2,1-3H3/b18-11+. The summed E-state index contributed by atoms with van der Waals surface area (Å²) < 4.78 is 10.6. The van der Waals surface area contributed by atoms with Gasteiger partial charge in [0, 0.05) is 12.8 Å². The Labute approximate surface area is 166 Å². The molecule has 3 rings (SSSR count). The Morgan fingerprint density at radius 3 is 2.43 bits per heavy atom. The first kappa shape index (κ1) is 19.7. The van der Waals surface area contributed by atoms with Gasteiger partial charge in [-0.05, 0) is 47.4 Å². The van der Waals surface area contributed by atoms with E-state index in [0.717, 1.165) is 12.0 Å². The van der Waals surface area contributed by atoms with E-state index in [1.165, 1.54) is 21.9 Å². The molecule has 0 N–H and O–H groups in total. The quantitative estimate of drug-likeness (QED) is 0.485. The van der Waals surface area contributed by atoms with Crippen molar-refractivity contribution in [1.82, 2.24) is 0 Å². The van der Waals surface area contributed by atoms with Gasteiger partial charge in [-0.2, -0.15) is 0 Å². The highest BCUT2D eigenvalue weighted by atomic mass is 16.5. The molecule has 0 fully saturated rings. The van der Waals surface area contributed by atoms with E-state index in [2.05, 4.69) is 49.4 Å². The minimum atomic E-state index is 0.185. The molecule has 0 aromatic heterocycles. The molecule has 0 aliphatic carbocycles. The van der Waals surface area contributed by atoms with Crippen molar-refractivity contribution in [3.8, 4) is 11.5 Å². The maximum Gasteiger partial charge on any atom is 0.161 e. The molecule has 144 valence electrons. The molecule has 3 aromatic carbocycles. The van der Waals surface area contributed by atoms with Gasteiger partial charge in [-0.3, -0.25) is 4.79 Å². The summed E-state index contributed by atoms with van der Waals surface area (Å²) in [6, 6.07) is 20.4. The third-order valence-electron chi connectivity index (χ3n) is 4.88. The van der Waals surface area contributed by atoms with Crippen LogP contribution in [0.2, 0.25) is 0 Å². The summed E-state index contributed by atoms with van der Waals surface area (Å²) in [5, 5.41) is 2.52. The van der Waals surface area contributed by atoms with Crippen LogP contribution >= 0.6 is 0 Å². The van der Waals surface area contributed by atoms with E-state index in [1.54, 1.807) is 14.2 Å². The van der Waals surface area contributed by atoms with Crippen molar-refractivity contribution < 1.29 is 14.3 Å². The molecule has 0 bridgehead atoms. The van der Waals surface area contributed by atoms with Gasteiger partial charge in [0.25, 0.3) is 0 Å². The van der Waals surface area contributed by atoms with Crippen LogP contribution in [0.25, 0.3) is 10.8 Å². The number of rotatable bonds is 8. The van der Waals surface area contributed by atoms with Crippen LogP contribution in [0.3, 0.4) is 0 Å². The van der Waals surface area contributed by atoms with E-state index in [0.29, 0.717) is 24.3 Å². The molecule has 28 heavy (non-hydrogen) atoms. The van der Waals surface area contributed by atoms with Gasteiger partial charge in [0.1, 0.15) is 5.78 Å². The van der Waals surface area contributed by atoms with Gasteiger partial charge in [0.05, 0.1) is 14.2 Å². The van der Waals surface area contributed by atoms with Gasteiger partial charge in [-0.15, -0.1) is 0 Å². The number of hydrogen-bond donors (Lipinski definition) is 0. The van der Waals surface area contributed by atoms with Crippen molar-refractivity contribution in [1.29, 1.82) is 0 Å². The zero-order valence-corrected chi connectivity index (χ0v) is 16.7. The Bertz CT molecular complexity index is 996. The first-order valence-electron chi connectivity index (χ1n) is 9.45. The third kappa shape index (κ3) is 4.80. The normalized spacial score (nSPS) is 11.5. The number of allylic oxidation sites excluding steroid dienone is 2. The first-order valence-corrected chi connectivity index (χ1v) is 9.45. The van der Waals surface area contributed by atoms with Crippen molar-refractivity contribution >= 4 is 16.6 Å². The lowest BCUT2D eigenvalue weighted by Gasteiger charge is -2.09. The maximum absolute atomic E-state index is 12.4. The smallest absolute Gasteiger partial charge is 0.161 e. The zero-order chi connectivity index (χ0) is 19.9.